The zero-order chi connectivity index (χ0) is 13.2. The van der Waals surface area contributed by atoms with Gasteiger partial charge in [0.2, 0.25) is 10.0 Å². The molecule has 0 bridgehead atoms. The molecular weight excluding hydrogens is 250 g/mol. The van der Waals surface area contributed by atoms with E-state index in [1.54, 1.807) is 12.1 Å². The molecule has 1 fully saturated rings. The highest BCUT2D eigenvalue weighted by atomic mass is 32.2. The standard InChI is InChI=1S/C12H17N3O2S/c13-12(14)11-7-4-8-15(11)18(16,17)9-10-5-2-1-3-6-10/h1-3,5-6,11H,4,7-9H2,(H3,13,14). The third-order valence-corrected chi connectivity index (χ3v) is 4.96. The first-order valence-electron chi connectivity index (χ1n) is 5.88. The maximum Gasteiger partial charge on any atom is 0.218 e. The summed E-state index contributed by atoms with van der Waals surface area (Å²) in [6.07, 6.45) is 1.40. The van der Waals surface area contributed by atoms with Gasteiger partial charge in [-0.15, -0.1) is 0 Å². The Labute approximate surface area is 107 Å². The Bertz CT molecular complexity index is 528. The monoisotopic (exact) mass is 267 g/mol. The molecule has 0 aliphatic carbocycles. The lowest BCUT2D eigenvalue weighted by Crippen LogP contribution is -2.43. The fraction of sp³-hybridized carbons (Fsp3) is 0.417. The molecule has 3 N–H and O–H groups in total. The van der Waals surface area contributed by atoms with E-state index in [1.165, 1.54) is 4.31 Å². The van der Waals surface area contributed by atoms with Gasteiger partial charge in [-0.25, -0.2) is 8.42 Å². The number of sulfonamides is 1. The zero-order valence-corrected chi connectivity index (χ0v) is 10.9. The molecule has 5 nitrogen and oxygen atoms in total. The van der Waals surface area contributed by atoms with Crippen LogP contribution in [-0.2, 0) is 15.8 Å². The fourth-order valence-electron chi connectivity index (χ4n) is 2.25. The minimum Gasteiger partial charge on any atom is -0.386 e. The van der Waals surface area contributed by atoms with Crippen LogP contribution in [0.2, 0.25) is 0 Å². The van der Waals surface area contributed by atoms with E-state index in [4.69, 9.17) is 11.1 Å². The quantitative estimate of drug-likeness (QED) is 0.628. The summed E-state index contributed by atoms with van der Waals surface area (Å²) in [5.41, 5.74) is 6.21. The van der Waals surface area contributed by atoms with Crippen LogP contribution >= 0.6 is 0 Å². The summed E-state index contributed by atoms with van der Waals surface area (Å²) in [4.78, 5) is 0. The summed E-state index contributed by atoms with van der Waals surface area (Å²) in [5, 5.41) is 7.45. The van der Waals surface area contributed by atoms with Crippen molar-refractivity contribution in [2.75, 3.05) is 6.54 Å². The van der Waals surface area contributed by atoms with Crippen molar-refractivity contribution >= 4 is 15.9 Å². The average molecular weight is 267 g/mol. The number of nitrogens with zero attached hydrogens (tertiary/aromatic N) is 1. The van der Waals surface area contributed by atoms with Gasteiger partial charge in [0.25, 0.3) is 0 Å². The second-order valence-corrected chi connectivity index (χ2v) is 6.39. The van der Waals surface area contributed by atoms with Gasteiger partial charge < -0.3 is 5.73 Å². The van der Waals surface area contributed by atoms with Crippen LogP contribution in [0.1, 0.15) is 18.4 Å². The van der Waals surface area contributed by atoms with E-state index in [1.807, 2.05) is 18.2 Å². The summed E-state index contributed by atoms with van der Waals surface area (Å²) in [6.45, 7) is 0.458. The highest BCUT2D eigenvalue weighted by Gasteiger charge is 2.35. The molecule has 1 atom stereocenters. The van der Waals surface area contributed by atoms with Crippen LogP contribution < -0.4 is 5.73 Å². The van der Waals surface area contributed by atoms with Crippen LogP contribution in [0.3, 0.4) is 0 Å². The lowest BCUT2D eigenvalue weighted by atomic mass is 10.2. The molecule has 1 aliphatic rings. The highest BCUT2D eigenvalue weighted by Crippen LogP contribution is 2.23. The van der Waals surface area contributed by atoms with E-state index in [0.29, 0.717) is 13.0 Å². The van der Waals surface area contributed by atoms with Crippen molar-refractivity contribution in [2.45, 2.75) is 24.6 Å². The van der Waals surface area contributed by atoms with Gasteiger partial charge in [0, 0.05) is 6.54 Å². The Morgan fingerprint density at radius 2 is 2.06 bits per heavy atom. The third kappa shape index (κ3) is 2.70. The van der Waals surface area contributed by atoms with Gasteiger partial charge in [0.15, 0.2) is 0 Å². The van der Waals surface area contributed by atoms with Crippen molar-refractivity contribution in [3.05, 3.63) is 35.9 Å². The summed E-state index contributed by atoms with van der Waals surface area (Å²) in [7, 11) is -3.39. The fourth-order valence-corrected chi connectivity index (χ4v) is 4.05. The normalized spacial score (nSPS) is 21.0. The predicted octanol–water partition coefficient (Wildman–Crippen LogP) is 0.917. The van der Waals surface area contributed by atoms with Crippen LogP contribution in [0.5, 0.6) is 0 Å². The first-order valence-corrected chi connectivity index (χ1v) is 7.49. The zero-order valence-electron chi connectivity index (χ0n) is 10.0. The molecule has 0 aromatic heterocycles. The Morgan fingerprint density at radius 1 is 1.39 bits per heavy atom. The van der Waals surface area contributed by atoms with E-state index in [9.17, 15) is 8.42 Å². The second kappa shape index (κ2) is 5.07. The predicted molar refractivity (Wildman–Crippen MR) is 70.7 cm³/mol. The largest absolute Gasteiger partial charge is 0.386 e. The van der Waals surface area contributed by atoms with Crippen LogP contribution in [-0.4, -0.2) is 31.1 Å². The molecule has 1 aliphatic heterocycles. The van der Waals surface area contributed by atoms with Crippen molar-refractivity contribution < 1.29 is 8.42 Å². The minimum absolute atomic E-state index is 0.0301. The SMILES string of the molecule is N=C(N)C1CCCN1S(=O)(=O)Cc1ccccc1. The van der Waals surface area contributed by atoms with Gasteiger partial charge >= 0.3 is 0 Å². The van der Waals surface area contributed by atoms with Gasteiger partial charge in [0.05, 0.1) is 11.8 Å². The van der Waals surface area contributed by atoms with E-state index < -0.39 is 16.1 Å². The number of nitrogens with one attached hydrogen (secondary N) is 1. The molecule has 6 heteroatoms. The van der Waals surface area contributed by atoms with Gasteiger partial charge in [-0.3, -0.25) is 5.41 Å². The van der Waals surface area contributed by atoms with E-state index in [0.717, 1.165) is 12.0 Å². The molecule has 0 spiro atoms. The third-order valence-electron chi connectivity index (χ3n) is 3.11. The van der Waals surface area contributed by atoms with Gasteiger partial charge in [-0.1, -0.05) is 30.3 Å². The van der Waals surface area contributed by atoms with Gasteiger partial charge in [0.1, 0.15) is 5.84 Å². The molecular formula is C12H17N3O2S. The lowest BCUT2D eigenvalue weighted by molar-refractivity contribution is 0.442. The van der Waals surface area contributed by atoms with Crippen molar-refractivity contribution in [3.8, 4) is 0 Å². The summed E-state index contributed by atoms with van der Waals surface area (Å²) >= 11 is 0. The Morgan fingerprint density at radius 3 is 2.67 bits per heavy atom. The Balaban J connectivity index is 2.19. The minimum atomic E-state index is -3.39. The van der Waals surface area contributed by atoms with Crippen molar-refractivity contribution in [1.29, 1.82) is 5.41 Å². The number of amidine groups is 1. The number of hydrogen-bond donors (Lipinski definition) is 2. The average Bonchev–Trinajstić information content (AvgIpc) is 2.79. The molecule has 0 amide bonds. The summed E-state index contributed by atoms with van der Waals surface area (Å²) in [6, 6.07) is 8.60. The molecule has 0 saturated carbocycles. The molecule has 1 saturated heterocycles. The molecule has 18 heavy (non-hydrogen) atoms. The van der Waals surface area contributed by atoms with Crippen molar-refractivity contribution in [2.24, 2.45) is 5.73 Å². The van der Waals surface area contributed by atoms with E-state index in [2.05, 4.69) is 0 Å². The van der Waals surface area contributed by atoms with Crippen LogP contribution in [0.4, 0.5) is 0 Å². The van der Waals surface area contributed by atoms with Crippen molar-refractivity contribution in [3.63, 3.8) is 0 Å². The number of nitrogens with two attached hydrogens (primary N) is 1. The summed E-state index contributed by atoms with van der Waals surface area (Å²) in [5.74, 6) is -0.0958. The summed E-state index contributed by atoms with van der Waals surface area (Å²) < 4.78 is 25.9. The Hall–Kier alpha value is -1.40. The molecule has 0 radical (unpaired) electrons. The van der Waals surface area contributed by atoms with Gasteiger partial charge in [-0.05, 0) is 18.4 Å². The Kier molecular flexibility index (Phi) is 3.68. The topological polar surface area (TPSA) is 87.2 Å². The molecule has 1 aromatic rings. The molecule has 2 rings (SSSR count). The first-order chi connectivity index (χ1) is 8.50. The molecule has 1 aromatic carbocycles. The first kappa shape index (κ1) is 13.0. The lowest BCUT2D eigenvalue weighted by Gasteiger charge is -2.22. The highest BCUT2D eigenvalue weighted by molar-refractivity contribution is 7.88. The van der Waals surface area contributed by atoms with Crippen LogP contribution in [0.15, 0.2) is 30.3 Å². The molecule has 98 valence electrons. The number of rotatable bonds is 4. The molecule has 1 heterocycles. The van der Waals surface area contributed by atoms with Crippen molar-refractivity contribution in [1.82, 2.24) is 4.31 Å². The van der Waals surface area contributed by atoms with E-state index in [-0.39, 0.29) is 11.6 Å². The van der Waals surface area contributed by atoms with Gasteiger partial charge in [-0.2, -0.15) is 4.31 Å². The number of hydrogen-bond acceptors (Lipinski definition) is 3. The molecule has 1 unspecified atom stereocenters. The van der Waals surface area contributed by atoms with Crippen LogP contribution in [0, 0.1) is 5.41 Å². The van der Waals surface area contributed by atoms with E-state index >= 15 is 0 Å². The number of benzene rings is 1. The second-order valence-electron chi connectivity index (χ2n) is 4.47. The smallest absolute Gasteiger partial charge is 0.218 e. The maximum absolute atomic E-state index is 12.3. The van der Waals surface area contributed by atoms with Crippen LogP contribution in [0.25, 0.3) is 0 Å². The maximum atomic E-state index is 12.3.